The average molecular weight is 566 g/mol. The Labute approximate surface area is 251 Å². The lowest BCUT2D eigenvalue weighted by Crippen LogP contribution is -2.08. The van der Waals surface area contributed by atoms with Gasteiger partial charge in [0.1, 0.15) is 0 Å². The minimum absolute atomic E-state index is 0.789. The number of fused-ring (bicyclic) bond motifs is 1. The van der Waals surface area contributed by atoms with E-state index in [9.17, 15) is 0 Å². The number of nitrogens with one attached hydrogen (secondary N) is 2. The number of hydrogen-bond donors (Lipinski definition) is 2. The van der Waals surface area contributed by atoms with Crippen LogP contribution in [0.5, 0.6) is 0 Å². The molecule has 0 radical (unpaired) electrons. The van der Waals surface area contributed by atoms with Gasteiger partial charge in [0.05, 0.1) is 11.7 Å². The summed E-state index contributed by atoms with van der Waals surface area (Å²) in [5.41, 5.74) is 9.44. The standard InChI is InChI=1S/C35H41N3S.C2H6/c1-7-27(19-28-13-10-9-11-14-28)20-29(8-2)24(3)16-17-32(36-6)25(4)26(5)33-21-30-31(35-15-12-18-39-35)22-37-23-34(30)38-33;1-2/h7-8,12,15-18,20-23,28,36,38H,1,4-5,9-11,13-14,19H2,2-3,6H3;1-2H3/b24-16+,27-20+,29-8+,32-17+;. The Bertz CT molecular complexity index is 1450. The van der Waals surface area contributed by atoms with E-state index in [0.717, 1.165) is 51.3 Å². The molecule has 0 atom stereocenters. The zero-order chi connectivity index (χ0) is 29.8. The highest BCUT2D eigenvalue weighted by molar-refractivity contribution is 7.13. The van der Waals surface area contributed by atoms with Crippen molar-refractivity contribution >= 4 is 27.8 Å². The van der Waals surface area contributed by atoms with E-state index in [1.807, 2.05) is 39.4 Å². The summed E-state index contributed by atoms with van der Waals surface area (Å²) in [6.45, 7) is 21.1. The molecule has 3 aromatic rings. The van der Waals surface area contributed by atoms with Crippen molar-refractivity contribution in [3.05, 3.63) is 120 Å². The van der Waals surface area contributed by atoms with Gasteiger partial charge < -0.3 is 10.3 Å². The lowest BCUT2D eigenvalue weighted by Gasteiger charge is -2.22. The van der Waals surface area contributed by atoms with Crippen LogP contribution in [0.15, 0.2) is 114 Å². The molecule has 0 spiro atoms. The van der Waals surface area contributed by atoms with Crippen LogP contribution in [0, 0.1) is 5.92 Å². The van der Waals surface area contributed by atoms with Crippen LogP contribution in [0.1, 0.15) is 71.9 Å². The van der Waals surface area contributed by atoms with Crippen LogP contribution in [0.2, 0.25) is 0 Å². The predicted molar refractivity (Wildman–Crippen MR) is 183 cm³/mol. The smallest absolute Gasteiger partial charge is 0.0651 e. The van der Waals surface area contributed by atoms with Crippen LogP contribution >= 0.6 is 11.3 Å². The number of H-pyrrole nitrogens is 1. The monoisotopic (exact) mass is 565 g/mol. The molecule has 2 N–H and O–H groups in total. The van der Waals surface area contributed by atoms with Gasteiger partial charge in [-0.05, 0) is 77.6 Å². The molecule has 216 valence electrons. The molecule has 41 heavy (non-hydrogen) atoms. The maximum atomic E-state index is 4.45. The van der Waals surface area contributed by atoms with Gasteiger partial charge in [-0.15, -0.1) is 11.3 Å². The zero-order valence-electron chi connectivity index (χ0n) is 25.6. The second-order valence-corrected chi connectivity index (χ2v) is 11.3. The van der Waals surface area contributed by atoms with E-state index in [1.54, 1.807) is 11.3 Å². The minimum atomic E-state index is 0.789. The number of allylic oxidation sites excluding steroid dienone is 9. The molecule has 3 nitrogen and oxygen atoms in total. The molecule has 1 aliphatic rings. The Hall–Kier alpha value is -3.63. The second kappa shape index (κ2) is 16.0. The van der Waals surface area contributed by atoms with Gasteiger partial charge in [-0.25, -0.2) is 0 Å². The van der Waals surface area contributed by atoms with E-state index < -0.39 is 0 Å². The molecule has 0 aromatic carbocycles. The van der Waals surface area contributed by atoms with Crippen LogP contribution in [0.25, 0.3) is 26.9 Å². The van der Waals surface area contributed by atoms with E-state index in [4.69, 9.17) is 0 Å². The molecule has 1 aliphatic carbocycles. The van der Waals surface area contributed by atoms with Gasteiger partial charge in [-0.3, -0.25) is 4.98 Å². The number of nitrogens with zero attached hydrogens (tertiary/aromatic N) is 1. The molecule has 1 fully saturated rings. The van der Waals surface area contributed by atoms with Crippen molar-refractivity contribution in [3.8, 4) is 10.4 Å². The number of pyridine rings is 1. The fraction of sp³-hybridized carbons (Fsp3) is 0.324. The highest BCUT2D eigenvalue weighted by atomic mass is 32.1. The highest BCUT2D eigenvalue weighted by Gasteiger charge is 2.15. The Morgan fingerprint density at radius 2 is 1.90 bits per heavy atom. The molecule has 4 rings (SSSR count). The Morgan fingerprint density at radius 1 is 1.15 bits per heavy atom. The van der Waals surface area contributed by atoms with Gasteiger partial charge in [0.2, 0.25) is 0 Å². The lowest BCUT2D eigenvalue weighted by atomic mass is 9.84. The quantitative estimate of drug-likeness (QED) is 0.227. The van der Waals surface area contributed by atoms with Crippen LogP contribution in [0.4, 0.5) is 0 Å². The lowest BCUT2D eigenvalue weighted by molar-refractivity contribution is 0.358. The first-order valence-electron chi connectivity index (χ1n) is 14.9. The van der Waals surface area contributed by atoms with Crippen molar-refractivity contribution in [2.75, 3.05) is 7.05 Å². The van der Waals surface area contributed by atoms with Crippen molar-refractivity contribution in [3.63, 3.8) is 0 Å². The van der Waals surface area contributed by atoms with Crippen LogP contribution in [-0.2, 0) is 0 Å². The molecule has 0 saturated heterocycles. The fourth-order valence-electron chi connectivity index (χ4n) is 5.36. The normalized spacial score (nSPS) is 15.3. The maximum Gasteiger partial charge on any atom is 0.0651 e. The predicted octanol–water partition coefficient (Wildman–Crippen LogP) is 11.0. The van der Waals surface area contributed by atoms with Gasteiger partial charge in [-0.2, -0.15) is 0 Å². The van der Waals surface area contributed by atoms with Crippen molar-refractivity contribution in [1.29, 1.82) is 0 Å². The van der Waals surface area contributed by atoms with Crippen molar-refractivity contribution < 1.29 is 0 Å². The third-order valence-corrected chi connectivity index (χ3v) is 8.64. The molecule has 3 heterocycles. The molecule has 0 amide bonds. The molecule has 1 saturated carbocycles. The summed E-state index contributed by atoms with van der Waals surface area (Å²) in [6.07, 6.45) is 22.5. The van der Waals surface area contributed by atoms with Crippen LogP contribution in [-0.4, -0.2) is 17.0 Å². The first-order chi connectivity index (χ1) is 19.9. The summed E-state index contributed by atoms with van der Waals surface area (Å²) < 4.78 is 0. The summed E-state index contributed by atoms with van der Waals surface area (Å²) >= 11 is 1.72. The summed E-state index contributed by atoms with van der Waals surface area (Å²) in [6, 6.07) is 6.34. The number of rotatable bonds is 11. The molecule has 0 unspecified atom stereocenters. The number of aromatic nitrogens is 2. The number of likely N-dealkylation sites (N-methyl/N-ethyl adjacent to an activating group) is 1. The van der Waals surface area contributed by atoms with Crippen molar-refractivity contribution in [2.24, 2.45) is 5.92 Å². The van der Waals surface area contributed by atoms with Gasteiger partial charge in [-0.1, -0.05) is 96.1 Å². The van der Waals surface area contributed by atoms with E-state index >= 15 is 0 Å². The maximum absolute atomic E-state index is 4.45. The highest BCUT2D eigenvalue weighted by Crippen LogP contribution is 2.34. The molecule has 0 bridgehead atoms. The number of aromatic amines is 1. The van der Waals surface area contributed by atoms with Gasteiger partial charge in [0.15, 0.2) is 0 Å². The van der Waals surface area contributed by atoms with Gasteiger partial charge in [0, 0.05) is 40.5 Å². The molecule has 0 aliphatic heterocycles. The Kier molecular flexibility index (Phi) is 12.4. The SMILES string of the molecule is C=C\C(=C/C(=C\C)C(/C)=C/C=C(/NC)C(=C)C(=C)c1cc2c(-c3cccs3)cncc2[nH]1)CC1CCCCC1.CC. The Balaban J connectivity index is 0.00000226. The number of thiophene rings is 1. The van der Waals surface area contributed by atoms with E-state index in [2.05, 4.69) is 96.8 Å². The summed E-state index contributed by atoms with van der Waals surface area (Å²) in [4.78, 5) is 9.14. The van der Waals surface area contributed by atoms with E-state index in [-0.39, 0.29) is 0 Å². The first kappa shape index (κ1) is 31.9. The summed E-state index contributed by atoms with van der Waals surface area (Å²) in [7, 11) is 1.92. The average Bonchev–Trinajstić information content (AvgIpc) is 3.71. The topological polar surface area (TPSA) is 40.7 Å². The molecule has 3 aromatic heterocycles. The molecular weight excluding hydrogens is 518 g/mol. The van der Waals surface area contributed by atoms with Crippen molar-refractivity contribution in [1.82, 2.24) is 15.3 Å². The number of hydrogen-bond acceptors (Lipinski definition) is 3. The largest absolute Gasteiger partial charge is 0.388 e. The first-order valence-corrected chi connectivity index (χ1v) is 15.8. The second-order valence-electron chi connectivity index (χ2n) is 10.3. The summed E-state index contributed by atoms with van der Waals surface area (Å²) in [5, 5.41) is 6.55. The van der Waals surface area contributed by atoms with Gasteiger partial charge in [0.25, 0.3) is 0 Å². The van der Waals surface area contributed by atoms with Crippen LogP contribution < -0.4 is 5.32 Å². The van der Waals surface area contributed by atoms with Gasteiger partial charge >= 0.3 is 0 Å². The fourth-order valence-corrected chi connectivity index (χ4v) is 6.11. The van der Waals surface area contributed by atoms with Crippen molar-refractivity contribution in [2.45, 2.75) is 66.2 Å². The molecule has 4 heteroatoms. The van der Waals surface area contributed by atoms with Crippen LogP contribution in [0.3, 0.4) is 0 Å². The zero-order valence-corrected chi connectivity index (χ0v) is 26.5. The minimum Gasteiger partial charge on any atom is -0.388 e. The third kappa shape index (κ3) is 8.20. The molecular formula is C37H47N3S. The summed E-state index contributed by atoms with van der Waals surface area (Å²) in [5.74, 6) is 0.789. The third-order valence-electron chi connectivity index (χ3n) is 7.73. The van der Waals surface area contributed by atoms with E-state index in [0.29, 0.717) is 0 Å². The Morgan fingerprint density at radius 3 is 2.54 bits per heavy atom. The van der Waals surface area contributed by atoms with E-state index in [1.165, 1.54) is 53.7 Å².